The molecule has 0 fully saturated rings. The van der Waals surface area contributed by atoms with Gasteiger partial charge in [0, 0.05) is 5.56 Å². The summed E-state index contributed by atoms with van der Waals surface area (Å²) in [6.07, 6.45) is 1.52. The molecule has 0 aliphatic heterocycles. The molecule has 4 rings (SSSR count). The molecule has 0 amide bonds. The SMILES string of the molecule is CCOc1cc(C=Nn2c(-c3ccc(OC)c(OC)c3)nc3ccccc3c2=O)ccc1O. The van der Waals surface area contributed by atoms with Crippen molar-refractivity contribution < 1.29 is 19.3 Å². The van der Waals surface area contributed by atoms with E-state index in [1.54, 1.807) is 62.8 Å². The van der Waals surface area contributed by atoms with Crippen molar-refractivity contribution in [3.63, 3.8) is 0 Å². The zero-order valence-corrected chi connectivity index (χ0v) is 18.5. The Balaban J connectivity index is 1.89. The predicted molar refractivity (Wildman–Crippen MR) is 127 cm³/mol. The summed E-state index contributed by atoms with van der Waals surface area (Å²) in [5.41, 5.74) is 1.52. The molecule has 0 radical (unpaired) electrons. The fourth-order valence-electron chi connectivity index (χ4n) is 3.40. The van der Waals surface area contributed by atoms with Crippen molar-refractivity contribution in [1.82, 2.24) is 9.66 Å². The molecule has 0 bridgehead atoms. The quantitative estimate of drug-likeness (QED) is 0.431. The lowest BCUT2D eigenvalue weighted by atomic mass is 10.1. The van der Waals surface area contributed by atoms with Crippen LogP contribution in [0.3, 0.4) is 0 Å². The monoisotopic (exact) mass is 445 g/mol. The number of hydrogen-bond acceptors (Lipinski definition) is 7. The standard InChI is InChI=1S/C25H23N3O5/c1-4-33-22-13-16(9-11-20(22)29)15-26-28-24(17-10-12-21(31-2)23(14-17)32-3)27-19-8-6-5-7-18(19)25(28)30/h5-15,29H,4H2,1-3H3. The van der Waals surface area contributed by atoms with Crippen molar-refractivity contribution in [3.05, 3.63) is 76.6 Å². The maximum atomic E-state index is 13.3. The maximum Gasteiger partial charge on any atom is 0.282 e. The first-order chi connectivity index (χ1) is 16.0. The van der Waals surface area contributed by atoms with Crippen molar-refractivity contribution in [2.45, 2.75) is 6.92 Å². The van der Waals surface area contributed by atoms with Crippen LogP contribution in [0.1, 0.15) is 12.5 Å². The fourth-order valence-corrected chi connectivity index (χ4v) is 3.40. The summed E-state index contributed by atoms with van der Waals surface area (Å²) in [4.78, 5) is 18.0. The zero-order valence-electron chi connectivity index (χ0n) is 18.5. The van der Waals surface area contributed by atoms with Gasteiger partial charge in [0.25, 0.3) is 5.56 Å². The predicted octanol–water partition coefficient (Wildman–Crippen LogP) is 4.07. The van der Waals surface area contributed by atoms with Gasteiger partial charge in [-0.15, -0.1) is 0 Å². The van der Waals surface area contributed by atoms with Gasteiger partial charge in [-0.3, -0.25) is 4.79 Å². The number of aromatic hydroxyl groups is 1. The zero-order chi connectivity index (χ0) is 23.4. The highest BCUT2D eigenvalue weighted by molar-refractivity contribution is 5.83. The third kappa shape index (κ3) is 4.36. The Morgan fingerprint density at radius 3 is 2.55 bits per heavy atom. The summed E-state index contributed by atoms with van der Waals surface area (Å²) in [5.74, 6) is 1.79. The second-order valence-electron chi connectivity index (χ2n) is 7.04. The molecule has 33 heavy (non-hydrogen) atoms. The number of rotatable bonds is 7. The molecule has 0 spiro atoms. The van der Waals surface area contributed by atoms with Gasteiger partial charge in [-0.05, 0) is 61.0 Å². The normalized spacial score (nSPS) is 11.1. The molecule has 4 aromatic rings. The van der Waals surface area contributed by atoms with Crippen molar-refractivity contribution in [2.75, 3.05) is 20.8 Å². The first kappa shape index (κ1) is 21.9. The van der Waals surface area contributed by atoms with Crippen LogP contribution < -0.4 is 19.8 Å². The number of benzene rings is 3. The average molecular weight is 445 g/mol. The highest BCUT2D eigenvalue weighted by Gasteiger charge is 2.15. The molecule has 168 valence electrons. The topological polar surface area (TPSA) is 95.2 Å². The van der Waals surface area contributed by atoms with Crippen LogP contribution in [0.5, 0.6) is 23.0 Å². The van der Waals surface area contributed by atoms with Crippen molar-refractivity contribution >= 4 is 17.1 Å². The number of phenolic OH excluding ortho intramolecular Hbond substituents is 1. The van der Waals surface area contributed by atoms with E-state index in [9.17, 15) is 9.90 Å². The molecule has 8 nitrogen and oxygen atoms in total. The van der Waals surface area contributed by atoms with Crippen molar-refractivity contribution in [2.24, 2.45) is 5.10 Å². The number of phenols is 1. The Kier molecular flexibility index (Phi) is 6.26. The number of nitrogens with zero attached hydrogens (tertiary/aromatic N) is 3. The number of fused-ring (bicyclic) bond motifs is 1. The summed E-state index contributed by atoms with van der Waals surface area (Å²) in [6.45, 7) is 2.24. The minimum absolute atomic E-state index is 0.0320. The van der Waals surface area contributed by atoms with E-state index >= 15 is 0 Å². The lowest BCUT2D eigenvalue weighted by molar-refractivity contribution is 0.318. The molecule has 3 aromatic carbocycles. The maximum absolute atomic E-state index is 13.3. The molecule has 1 heterocycles. The van der Waals surface area contributed by atoms with E-state index in [1.165, 1.54) is 17.0 Å². The molecule has 1 N–H and O–H groups in total. The Labute approximate surface area is 190 Å². The van der Waals surface area contributed by atoms with E-state index < -0.39 is 0 Å². The molecule has 0 atom stereocenters. The molecule has 0 saturated carbocycles. The summed E-state index contributed by atoms with van der Waals surface area (Å²) >= 11 is 0. The van der Waals surface area contributed by atoms with Crippen molar-refractivity contribution in [3.8, 4) is 34.4 Å². The van der Waals surface area contributed by atoms with Crippen LogP contribution in [0.25, 0.3) is 22.3 Å². The largest absolute Gasteiger partial charge is 0.504 e. The molecular weight excluding hydrogens is 422 g/mol. The average Bonchev–Trinajstić information content (AvgIpc) is 2.85. The van der Waals surface area contributed by atoms with Crippen molar-refractivity contribution in [1.29, 1.82) is 0 Å². The van der Waals surface area contributed by atoms with E-state index in [4.69, 9.17) is 19.2 Å². The van der Waals surface area contributed by atoms with Gasteiger partial charge in [0.1, 0.15) is 0 Å². The van der Waals surface area contributed by atoms with Gasteiger partial charge < -0.3 is 19.3 Å². The number of aromatic nitrogens is 2. The minimum atomic E-state index is -0.314. The van der Waals surface area contributed by atoms with E-state index in [0.717, 1.165) is 0 Å². The minimum Gasteiger partial charge on any atom is -0.504 e. The van der Waals surface area contributed by atoms with E-state index in [1.807, 2.05) is 13.0 Å². The Bertz CT molecular complexity index is 1390. The molecule has 1 aromatic heterocycles. The van der Waals surface area contributed by atoms with Gasteiger partial charge in [0.2, 0.25) is 0 Å². The van der Waals surface area contributed by atoms with Crippen LogP contribution in [-0.4, -0.2) is 41.8 Å². The van der Waals surface area contributed by atoms with Gasteiger partial charge in [0.05, 0.1) is 37.9 Å². The lowest BCUT2D eigenvalue weighted by Gasteiger charge is -2.12. The van der Waals surface area contributed by atoms with Crippen LogP contribution in [0.2, 0.25) is 0 Å². The van der Waals surface area contributed by atoms with Crippen LogP contribution in [0.4, 0.5) is 0 Å². The molecule has 8 heteroatoms. The fraction of sp³-hybridized carbons (Fsp3) is 0.160. The number of methoxy groups -OCH3 is 2. The van der Waals surface area contributed by atoms with E-state index in [0.29, 0.717) is 51.7 Å². The Morgan fingerprint density at radius 2 is 1.79 bits per heavy atom. The van der Waals surface area contributed by atoms with Crippen LogP contribution in [-0.2, 0) is 0 Å². The highest BCUT2D eigenvalue weighted by atomic mass is 16.5. The van der Waals surface area contributed by atoms with Gasteiger partial charge in [-0.25, -0.2) is 4.98 Å². The molecule has 0 unspecified atom stereocenters. The third-order valence-electron chi connectivity index (χ3n) is 5.00. The first-order valence-corrected chi connectivity index (χ1v) is 10.3. The van der Waals surface area contributed by atoms with Gasteiger partial charge in [-0.1, -0.05) is 12.1 Å². The number of ether oxygens (including phenoxy) is 3. The van der Waals surface area contributed by atoms with E-state index in [-0.39, 0.29) is 11.3 Å². The lowest BCUT2D eigenvalue weighted by Crippen LogP contribution is -2.20. The highest BCUT2D eigenvalue weighted by Crippen LogP contribution is 2.32. The number of hydrogen-bond donors (Lipinski definition) is 1. The van der Waals surface area contributed by atoms with Crippen LogP contribution in [0.15, 0.2) is 70.6 Å². The Morgan fingerprint density at radius 1 is 1.00 bits per heavy atom. The first-order valence-electron chi connectivity index (χ1n) is 10.3. The summed E-state index contributed by atoms with van der Waals surface area (Å²) in [6, 6.07) is 17.2. The smallest absolute Gasteiger partial charge is 0.282 e. The van der Waals surface area contributed by atoms with Gasteiger partial charge >= 0.3 is 0 Å². The molecule has 0 aliphatic carbocycles. The van der Waals surface area contributed by atoms with Crippen LogP contribution in [0, 0.1) is 0 Å². The van der Waals surface area contributed by atoms with Gasteiger partial charge in [-0.2, -0.15) is 9.78 Å². The second-order valence-corrected chi connectivity index (χ2v) is 7.04. The summed E-state index contributed by atoms with van der Waals surface area (Å²) in [7, 11) is 3.10. The van der Waals surface area contributed by atoms with Crippen LogP contribution >= 0.6 is 0 Å². The number of para-hydroxylation sites is 1. The molecule has 0 saturated heterocycles. The van der Waals surface area contributed by atoms with E-state index in [2.05, 4.69) is 5.10 Å². The molecule has 0 aliphatic rings. The van der Waals surface area contributed by atoms with Gasteiger partial charge in [0.15, 0.2) is 28.8 Å². The summed E-state index contributed by atoms with van der Waals surface area (Å²) < 4.78 is 17.4. The molecular formula is C25H23N3O5. The summed E-state index contributed by atoms with van der Waals surface area (Å²) in [5, 5.41) is 14.8. The Hall–Kier alpha value is -4.33. The third-order valence-corrected chi connectivity index (χ3v) is 5.00. The second kappa shape index (κ2) is 9.44.